The average molecular weight is 296 g/mol. The smallest absolute Gasteiger partial charge is 0.123 e. The molecule has 0 unspecified atom stereocenters. The molecule has 2 nitrogen and oxygen atoms in total. The minimum Gasteiger partial charge on any atom is -0.361 e. The summed E-state index contributed by atoms with van der Waals surface area (Å²) in [6, 6.07) is 13.0. The molecule has 3 rings (SSSR count). The Kier molecular flexibility index (Phi) is 4.54. The molecule has 0 aliphatic carbocycles. The normalized spacial score (nSPS) is 11.2. The molecule has 0 fully saturated rings. The largest absolute Gasteiger partial charge is 0.361 e. The highest BCUT2D eigenvalue weighted by Crippen LogP contribution is 2.27. The van der Waals surface area contributed by atoms with Crippen molar-refractivity contribution in [3.05, 3.63) is 60.0 Å². The van der Waals surface area contributed by atoms with E-state index in [1.54, 1.807) is 12.1 Å². The molecule has 0 saturated carbocycles. The minimum atomic E-state index is -0.197. The first-order valence-electron chi connectivity index (χ1n) is 7.84. The standard InChI is InChI=1S/C19H21FN2/c1-2-21-10-4-6-16-13-22-19-9-8-15(12-18(16)19)14-5-3-7-17(20)11-14/h3,5,7-9,11-13,21-22H,2,4,6,10H2,1H3. The van der Waals surface area contributed by atoms with Crippen molar-refractivity contribution in [2.75, 3.05) is 13.1 Å². The minimum absolute atomic E-state index is 0.197. The first-order valence-corrected chi connectivity index (χ1v) is 7.84. The van der Waals surface area contributed by atoms with Crippen molar-refractivity contribution in [2.45, 2.75) is 19.8 Å². The van der Waals surface area contributed by atoms with Crippen LogP contribution in [0.25, 0.3) is 22.0 Å². The molecule has 3 aromatic rings. The highest BCUT2D eigenvalue weighted by atomic mass is 19.1. The molecule has 0 radical (unpaired) electrons. The molecule has 0 bridgehead atoms. The zero-order chi connectivity index (χ0) is 15.4. The summed E-state index contributed by atoms with van der Waals surface area (Å²) < 4.78 is 13.4. The first kappa shape index (κ1) is 14.8. The van der Waals surface area contributed by atoms with Crippen LogP contribution in [0.2, 0.25) is 0 Å². The van der Waals surface area contributed by atoms with Gasteiger partial charge in [-0.1, -0.05) is 25.1 Å². The fourth-order valence-corrected chi connectivity index (χ4v) is 2.81. The fourth-order valence-electron chi connectivity index (χ4n) is 2.81. The maximum Gasteiger partial charge on any atom is 0.123 e. The number of hydrogen-bond donors (Lipinski definition) is 2. The maximum atomic E-state index is 13.4. The summed E-state index contributed by atoms with van der Waals surface area (Å²) in [5.41, 5.74) is 4.44. The number of aromatic nitrogens is 1. The number of fused-ring (bicyclic) bond motifs is 1. The zero-order valence-corrected chi connectivity index (χ0v) is 12.8. The van der Waals surface area contributed by atoms with Crippen molar-refractivity contribution < 1.29 is 4.39 Å². The summed E-state index contributed by atoms with van der Waals surface area (Å²) in [6.45, 7) is 4.17. The quantitative estimate of drug-likeness (QED) is 0.643. The van der Waals surface area contributed by atoms with Gasteiger partial charge in [0.15, 0.2) is 0 Å². The van der Waals surface area contributed by atoms with E-state index >= 15 is 0 Å². The molecule has 22 heavy (non-hydrogen) atoms. The van der Waals surface area contributed by atoms with E-state index in [-0.39, 0.29) is 5.82 Å². The van der Waals surface area contributed by atoms with Crippen LogP contribution in [0.1, 0.15) is 18.9 Å². The van der Waals surface area contributed by atoms with Crippen LogP contribution < -0.4 is 5.32 Å². The van der Waals surface area contributed by atoms with Gasteiger partial charge >= 0.3 is 0 Å². The number of benzene rings is 2. The van der Waals surface area contributed by atoms with Gasteiger partial charge in [-0.25, -0.2) is 4.39 Å². The summed E-state index contributed by atoms with van der Waals surface area (Å²) in [6.07, 6.45) is 4.25. The van der Waals surface area contributed by atoms with Gasteiger partial charge in [-0.3, -0.25) is 0 Å². The molecule has 2 aromatic carbocycles. The average Bonchev–Trinajstić information content (AvgIpc) is 2.94. The summed E-state index contributed by atoms with van der Waals surface area (Å²) in [4.78, 5) is 3.32. The summed E-state index contributed by atoms with van der Waals surface area (Å²) in [5, 5.41) is 4.58. The Morgan fingerprint density at radius 3 is 2.77 bits per heavy atom. The summed E-state index contributed by atoms with van der Waals surface area (Å²) in [7, 11) is 0. The second kappa shape index (κ2) is 6.75. The number of nitrogens with one attached hydrogen (secondary N) is 2. The monoisotopic (exact) mass is 296 g/mol. The van der Waals surface area contributed by atoms with Crippen LogP contribution in [0.3, 0.4) is 0 Å². The van der Waals surface area contributed by atoms with E-state index < -0.39 is 0 Å². The molecule has 2 N–H and O–H groups in total. The molecule has 114 valence electrons. The van der Waals surface area contributed by atoms with Gasteiger partial charge in [-0.2, -0.15) is 0 Å². The molecule has 0 aliphatic heterocycles. The number of H-pyrrole nitrogens is 1. The molecular weight excluding hydrogens is 275 g/mol. The highest BCUT2D eigenvalue weighted by Gasteiger charge is 2.06. The molecule has 0 spiro atoms. The second-order valence-electron chi connectivity index (χ2n) is 5.54. The zero-order valence-electron chi connectivity index (χ0n) is 12.8. The van der Waals surface area contributed by atoms with Gasteiger partial charge < -0.3 is 10.3 Å². The molecular formula is C19H21FN2. The molecule has 0 amide bonds. The lowest BCUT2D eigenvalue weighted by Crippen LogP contribution is -2.14. The number of rotatable bonds is 6. The number of aromatic amines is 1. The Bertz CT molecular complexity index is 761. The molecule has 0 atom stereocenters. The third-order valence-corrected chi connectivity index (χ3v) is 3.98. The van der Waals surface area contributed by atoms with Gasteiger partial charge in [0, 0.05) is 17.1 Å². The van der Waals surface area contributed by atoms with Crippen LogP contribution in [-0.2, 0) is 6.42 Å². The molecule has 0 saturated heterocycles. The second-order valence-corrected chi connectivity index (χ2v) is 5.54. The summed E-state index contributed by atoms with van der Waals surface area (Å²) in [5.74, 6) is -0.197. The van der Waals surface area contributed by atoms with Crippen molar-refractivity contribution >= 4 is 10.9 Å². The molecule has 0 aliphatic rings. The van der Waals surface area contributed by atoms with E-state index in [4.69, 9.17) is 0 Å². The Morgan fingerprint density at radius 1 is 1.09 bits per heavy atom. The lowest BCUT2D eigenvalue weighted by Gasteiger charge is -2.04. The highest BCUT2D eigenvalue weighted by molar-refractivity contribution is 5.88. The SMILES string of the molecule is CCNCCCc1c[nH]c2ccc(-c3cccc(F)c3)cc12. The van der Waals surface area contributed by atoms with Crippen molar-refractivity contribution in [1.82, 2.24) is 10.3 Å². The van der Waals surface area contributed by atoms with Gasteiger partial charge in [0.05, 0.1) is 0 Å². The van der Waals surface area contributed by atoms with Crippen molar-refractivity contribution in [1.29, 1.82) is 0 Å². The van der Waals surface area contributed by atoms with E-state index in [2.05, 4.69) is 35.6 Å². The third kappa shape index (κ3) is 3.20. The lowest BCUT2D eigenvalue weighted by atomic mass is 10.0. The van der Waals surface area contributed by atoms with Crippen molar-refractivity contribution in [3.63, 3.8) is 0 Å². The topological polar surface area (TPSA) is 27.8 Å². The van der Waals surface area contributed by atoms with Gasteiger partial charge in [0.2, 0.25) is 0 Å². The Hall–Kier alpha value is -2.13. The van der Waals surface area contributed by atoms with Crippen LogP contribution in [0.5, 0.6) is 0 Å². The van der Waals surface area contributed by atoms with E-state index in [1.165, 1.54) is 17.0 Å². The maximum absolute atomic E-state index is 13.4. The van der Waals surface area contributed by atoms with Gasteiger partial charge in [0.1, 0.15) is 5.82 Å². The van der Waals surface area contributed by atoms with Crippen molar-refractivity contribution in [3.8, 4) is 11.1 Å². The van der Waals surface area contributed by atoms with E-state index in [9.17, 15) is 4.39 Å². The molecule has 3 heteroatoms. The van der Waals surface area contributed by atoms with Crippen molar-refractivity contribution in [2.24, 2.45) is 0 Å². The predicted octanol–water partition coefficient (Wildman–Crippen LogP) is 4.52. The summed E-state index contributed by atoms with van der Waals surface area (Å²) >= 11 is 0. The Morgan fingerprint density at radius 2 is 1.95 bits per heavy atom. The number of aryl methyl sites for hydroxylation is 1. The van der Waals surface area contributed by atoms with Gasteiger partial charge in [-0.15, -0.1) is 0 Å². The van der Waals surface area contributed by atoms with Crippen LogP contribution in [0.4, 0.5) is 4.39 Å². The van der Waals surface area contributed by atoms with Crippen LogP contribution in [0.15, 0.2) is 48.7 Å². The van der Waals surface area contributed by atoms with Crippen LogP contribution >= 0.6 is 0 Å². The van der Waals surface area contributed by atoms with E-state index in [0.717, 1.165) is 42.6 Å². The predicted molar refractivity (Wildman–Crippen MR) is 90.6 cm³/mol. The van der Waals surface area contributed by atoms with Crippen LogP contribution in [-0.4, -0.2) is 18.1 Å². The molecule has 1 aromatic heterocycles. The van der Waals surface area contributed by atoms with Crippen LogP contribution in [0, 0.1) is 5.82 Å². The lowest BCUT2D eigenvalue weighted by molar-refractivity contribution is 0.628. The van der Waals surface area contributed by atoms with E-state index in [1.807, 2.05) is 12.1 Å². The van der Waals surface area contributed by atoms with Gasteiger partial charge in [0.25, 0.3) is 0 Å². The van der Waals surface area contributed by atoms with Gasteiger partial charge in [-0.05, 0) is 66.9 Å². The Balaban J connectivity index is 1.88. The Labute approximate surface area is 130 Å². The number of hydrogen-bond acceptors (Lipinski definition) is 1. The first-order chi connectivity index (χ1) is 10.8. The molecule has 1 heterocycles. The third-order valence-electron chi connectivity index (χ3n) is 3.98. The number of halogens is 1. The van der Waals surface area contributed by atoms with E-state index in [0.29, 0.717) is 0 Å². The fraction of sp³-hybridized carbons (Fsp3) is 0.263.